The van der Waals surface area contributed by atoms with Crippen molar-refractivity contribution in [2.45, 2.75) is 11.8 Å². The van der Waals surface area contributed by atoms with Crippen molar-refractivity contribution in [1.82, 2.24) is 0 Å². The lowest BCUT2D eigenvalue weighted by molar-refractivity contribution is -0.116. The second kappa shape index (κ2) is 5.48. The topological polar surface area (TPSA) is 80.5 Å². The molecule has 1 amide bonds. The minimum atomic E-state index is -3.71. The van der Waals surface area contributed by atoms with E-state index in [0.29, 0.717) is 12.2 Å². The smallest absolute Gasteiger partial charge is 0.241 e. The van der Waals surface area contributed by atoms with E-state index in [0.717, 1.165) is 0 Å². The maximum Gasteiger partial charge on any atom is 0.241 e. The van der Waals surface area contributed by atoms with E-state index in [1.54, 1.807) is 6.92 Å². The van der Waals surface area contributed by atoms with E-state index in [1.165, 1.54) is 29.2 Å². The summed E-state index contributed by atoms with van der Waals surface area (Å²) >= 11 is 5.47. The predicted octanol–water partition coefficient (Wildman–Crippen LogP) is 0.926. The number of halogens is 1. The summed E-state index contributed by atoms with van der Waals surface area (Å²) in [4.78, 5) is 12.9. The summed E-state index contributed by atoms with van der Waals surface area (Å²) in [6.07, 6.45) is 0. The summed E-state index contributed by atoms with van der Waals surface area (Å²) < 4.78 is 22.1. The number of alkyl halides is 1. The molecule has 17 heavy (non-hydrogen) atoms. The number of carbonyl (C=O) groups is 1. The zero-order valence-corrected chi connectivity index (χ0v) is 10.8. The number of sulfonamides is 1. The van der Waals surface area contributed by atoms with Crippen molar-refractivity contribution in [2.75, 3.05) is 17.3 Å². The number of hydrogen-bond acceptors (Lipinski definition) is 3. The minimum absolute atomic E-state index is 0.00984. The van der Waals surface area contributed by atoms with Gasteiger partial charge in [-0.05, 0) is 31.2 Å². The van der Waals surface area contributed by atoms with Gasteiger partial charge in [0.05, 0.1) is 4.90 Å². The molecular formula is C10H13ClN2O3S. The van der Waals surface area contributed by atoms with Crippen LogP contribution in [0.2, 0.25) is 0 Å². The highest BCUT2D eigenvalue weighted by Gasteiger charge is 2.14. The highest BCUT2D eigenvalue weighted by Crippen LogP contribution is 2.17. The number of amides is 1. The molecule has 0 aliphatic rings. The Kier molecular flexibility index (Phi) is 4.50. The summed E-state index contributed by atoms with van der Waals surface area (Å²) in [7, 11) is -3.71. The van der Waals surface area contributed by atoms with Gasteiger partial charge in [0.1, 0.15) is 5.88 Å². The number of rotatable bonds is 4. The predicted molar refractivity (Wildman–Crippen MR) is 66.6 cm³/mol. The van der Waals surface area contributed by atoms with Crippen LogP contribution in [0.3, 0.4) is 0 Å². The highest BCUT2D eigenvalue weighted by molar-refractivity contribution is 7.89. The van der Waals surface area contributed by atoms with Gasteiger partial charge in [-0.1, -0.05) is 0 Å². The van der Waals surface area contributed by atoms with Crippen LogP contribution in [0.4, 0.5) is 5.69 Å². The molecule has 0 aliphatic heterocycles. The molecule has 2 N–H and O–H groups in total. The number of carbonyl (C=O) groups excluding carboxylic acids is 1. The van der Waals surface area contributed by atoms with Crippen molar-refractivity contribution in [1.29, 1.82) is 0 Å². The van der Waals surface area contributed by atoms with Crippen LogP contribution in [-0.4, -0.2) is 26.7 Å². The first-order valence-electron chi connectivity index (χ1n) is 4.89. The second-order valence-corrected chi connectivity index (χ2v) is 5.14. The van der Waals surface area contributed by atoms with Crippen molar-refractivity contribution in [3.63, 3.8) is 0 Å². The van der Waals surface area contributed by atoms with Gasteiger partial charge < -0.3 is 4.90 Å². The maximum atomic E-state index is 11.5. The summed E-state index contributed by atoms with van der Waals surface area (Å²) in [6.45, 7) is 2.26. The first kappa shape index (κ1) is 14.0. The highest BCUT2D eigenvalue weighted by atomic mass is 35.5. The van der Waals surface area contributed by atoms with Crippen LogP contribution in [0.25, 0.3) is 0 Å². The van der Waals surface area contributed by atoms with E-state index in [-0.39, 0.29) is 16.7 Å². The molecule has 7 heteroatoms. The number of hydrogen-bond donors (Lipinski definition) is 1. The van der Waals surface area contributed by atoms with Crippen LogP contribution in [-0.2, 0) is 14.8 Å². The molecule has 0 saturated carbocycles. The molecule has 94 valence electrons. The molecule has 1 aromatic rings. The van der Waals surface area contributed by atoms with E-state index >= 15 is 0 Å². The van der Waals surface area contributed by atoms with Crippen molar-refractivity contribution in [3.8, 4) is 0 Å². The van der Waals surface area contributed by atoms with Crippen molar-refractivity contribution in [2.24, 2.45) is 5.14 Å². The summed E-state index contributed by atoms with van der Waals surface area (Å²) in [6, 6.07) is 5.76. The number of anilines is 1. The Labute approximate surface area is 105 Å². The lowest BCUT2D eigenvalue weighted by atomic mass is 10.3. The van der Waals surface area contributed by atoms with E-state index in [1.807, 2.05) is 0 Å². The molecule has 0 aliphatic carbocycles. The molecule has 0 fully saturated rings. The summed E-state index contributed by atoms with van der Waals surface area (Å²) in [5.74, 6) is -0.359. The molecule has 1 rings (SSSR count). The van der Waals surface area contributed by atoms with Gasteiger partial charge in [-0.25, -0.2) is 13.6 Å². The Hall–Kier alpha value is -1.11. The lowest BCUT2D eigenvalue weighted by Gasteiger charge is -2.19. The Morgan fingerprint density at radius 1 is 1.35 bits per heavy atom. The maximum absolute atomic E-state index is 11.5. The second-order valence-electron chi connectivity index (χ2n) is 3.31. The Balaban J connectivity index is 3.05. The quantitative estimate of drug-likeness (QED) is 0.831. The van der Waals surface area contributed by atoms with Crippen LogP contribution in [0.5, 0.6) is 0 Å². The number of primary sulfonamides is 1. The van der Waals surface area contributed by atoms with Gasteiger partial charge in [0.25, 0.3) is 0 Å². The third-order valence-corrected chi connectivity index (χ3v) is 3.37. The minimum Gasteiger partial charge on any atom is -0.312 e. The van der Waals surface area contributed by atoms with Crippen LogP contribution in [0.1, 0.15) is 6.92 Å². The standard InChI is InChI=1S/C10H13ClN2O3S/c1-2-13(10(14)7-11)8-3-5-9(6-4-8)17(12,15)16/h3-6H,2,7H2,1H3,(H2,12,15,16). The van der Waals surface area contributed by atoms with E-state index in [4.69, 9.17) is 16.7 Å². The molecule has 0 unspecified atom stereocenters. The van der Waals surface area contributed by atoms with Gasteiger partial charge in [0, 0.05) is 12.2 Å². The molecule has 0 aromatic heterocycles. The summed E-state index contributed by atoms with van der Waals surface area (Å²) in [5.41, 5.74) is 0.588. The first-order valence-corrected chi connectivity index (χ1v) is 6.97. The van der Waals surface area contributed by atoms with Crippen LogP contribution in [0.15, 0.2) is 29.2 Å². The zero-order valence-electron chi connectivity index (χ0n) is 9.26. The van der Waals surface area contributed by atoms with E-state index in [9.17, 15) is 13.2 Å². The lowest BCUT2D eigenvalue weighted by Crippen LogP contribution is -2.31. The third-order valence-electron chi connectivity index (χ3n) is 2.21. The van der Waals surface area contributed by atoms with E-state index < -0.39 is 10.0 Å². The van der Waals surface area contributed by atoms with Crippen LogP contribution >= 0.6 is 11.6 Å². The Morgan fingerprint density at radius 3 is 2.24 bits per heavy atom. The van der Waals surface area contributed by atoms with Gasteiger partial charge in [-0.3, -0.25) is 4.79 Å². The Morgan fingerprint density at radius 2 is 1.88 bits per heavy atom. The average Bonchev–Trinajstić information content (AvgIpc) is 2.29. The van der Waals surface area contributed by atoms with E-state index in [2.05, 4.69) is 0 Å². The molecule has 0 radical (unpaired) electrons. The molecule has 1 aromatic carbocycles. The molecule has 0 saturated heterocycles. The fourth-order valence-corrected chi connectivity index (χ4v) is 2.05. The van der Waals surface area contributed by atoms with Gasteiger partial charge in [0.2, 0.25) is 15.9 Å². The number of nitrogens with two attached hydrogens (primary N) is 1. The van der Waals surface area contributed by atoms with Gasteiger partial charge >= 0.3 is 0 Å². The van der Waals surface area contributed by atoms with Crippen LogP contribution < -0.4 is 10.0 Å². The fraction of sp³-hybridized carbons (Fsp3) is 0.300. The molecule has 0 spiro atoms. The SMILES string of the molecule is CCN(C(=O)CCl)c1ccc(S(N)(=O)=O)cc1. The molecule has 0 bridgehead atoms. The van der Waals surface area contributed by atoms with Gasteiger partial charge in [-0.2, -0.15) is 0 Å². The zero-order chi connectivity index (χ0) is 13.1. The normalized spacial score (nSPS) is 11.2. The Bertz CT molecular complexity index is 499. The molecule has 0 atom stereocenters. The third kappa shape index (κ3) is 3.42. The molecular weight excluding hydrogens is 264 g/mol. The molecule has 5 nitrogen and oxygen atoms in total. The summed E-state index contributed by atoms with van der Waals surface area (Å²) in [5, 5.41) is 4.97. The largest absolute Gasteiger partial charge is 0.312 e. The van der Waals surface area contributed by atoms with Crippen molar-refractivity contribution < 1.29 is 13.2 Å². The fourth-order valence-electron chi connectivity index (χ4n) is 1.39. The average molecular weight is 277 g/mol. The number of benzene rings is 1. The first-order chi connectivity index (χ1) is 7.90. The van der Waals surface area contributed by atoms with Crippen molar-refractivity contribution >= 4 is 33.2 Å². The van der Waals surface area contributed by atoms with Crippen LogP contribution in [0, 0.1) is 0 Å². The van der Waals surface area contributed by atoms with Gasteiger partial charge in [0.15, 0.2) is 0 Å². The number of nitrogens with zero attached hydrogens (tertiary/aromatic N) is 1. The monoisotopic (exact) mass is 276 g/mol. The van der Waals surface area contributed by atoms with Gasteiger partial charge in [-0.15, -0.1) is 11.6 Å². The molecule has 0 heterocycles. The van der Waals surface area contributed by atoms with Crippen molar-refractivity contribution in [3.05, 3.63) is 24.3 Å².